The van der Waals surface area contributed by atoms with Crippen LogP contribution in [0, 0.1) is 0 Å². The van der Waals surface area contributed by atoms with Gasteiger partial charge in [-0.15, -0.1) is 0 Å². The number of aliphatic hydroxyl groups excluding tert-OH is 1. The van der Waals surface area contributed by atoms with Gasteiger partial charge >= 0.3 is 0 Å². The number of ether oxygens (including phenoxy) is 1. The van der Waals surface area contributed by atoms with Crippen molar-refractivity contribution in [3.63, 3.8) is 0 Å². The third kappa shape index (κ3) is 6.37. The summed E-state index contributed by atoms with van der Waals surface area (Å²) in [4.78, 5) is 26.4. The van der Waals surface area contributed by atoms with Crippen LogP contribution in [-0.4, -0.2) is 50.9 Å². The standard InChI is InChI=1S/C7H9BrN2O2S.C6H5BrN2OS/c1-12-6(11)5-4(8)3-9-7(10-5)13-2;1-11-6-8-2-4(7)5(3-10)9-6/h3,6,11H,1-2H3;2-3H,1H3. The molecule has 7 nitrogen and oxygen atoms in total. The van der Waals surface area contributed by atoms with Crippen molar-refractivity contribution in [2.24, 2.45) is 0 Å². The lowest BCUT2D eigenvalue weighted by Gasteiger charge is -2.09. The number of aromatic nitrogens is 4. The second-order valence-electron chi connectivity index (χ2n) is 3.89. The largest absolute Gasteiger partial charge is 0.363 e. The number of hydrogen-bond acceptors (Lipinski definition) is 9. The summed E-state index contributed by atoms with van der Waals surface area (Å²) in [5.74, 6) is 0. The maximum atomic E-state index is 10.4. The van der Waals surface area contributed by atoms with Gasteiger partial charge in [0.25, 0.3) is 0 Å². The highest BCUT2D eigenvalue weighted by Gasteiger charge is 2.13. The minimum Gasteiger partial charge on any atom is -0.363 e. The number of nitrogens with zero attached hydrogens (tertiary/aromatic N) is 4. The van der Waals surface area contributed by atoms with Crippen LogP contribution in [0.4, 0.5) is 0 Å². The summed E-state index contributed by atoms with van der Waals surface area (Å²) < 4.78 is 6.01. The van der Waals surface area contributed by atoms with E-state index in [1.807, 2.05) is 12.5 Å². The van der Waals surface area contributed by atoms with Crippen molar-refractivity contribution in [3.05, 3.63) is 32.7 Å². The van der Waals surface area contributed by atoms with E-state index in [1.54, 1.807) is 12.4 Å². The molecule has 0 aliphatic carbocycles. The maximum Gasteiger partial charge on any atom is 0.199 e. The average Bonchev–Trinajstić information content (AvgIpc) is 2.62. The van der Waals surface area contributed by atoms with E-state index < -0.39 is 6.29 Å². The summed E-state index contributed by atoms with van der Waals surface area (Å²) in [6.07, 6.45) is 6.58. The van der Waals surface area contributed by atoms with Crippen molar-refractivity contribution in [2.75, 3.05) is 19.6 Å². The normalized spacial score (nSPS) is 11.4. The number of carbonyl (C=O) groups excluding carboxylic acids is 1. The van der Waals surface area contributed by atoms with E-state index in [1.165, 1.54) is 30.6 Å². The van der Waals surface area contributed by atoms with Crippen molar-refractivity contribution < 1.29 is 14.6 Å². The lowest BCUT2D eigenvalue weighted by molar-refractivity contribution is -0.0808. The number of aliphatic hydroxyl groups is 1. The quantitative estimate of drug-likeness (QED) is 0.288. The third-order valence-corrected chi connectivity index (χ3v) is 4.78. The van der Waals surface area contributed by atoms with Gasteiger partial charge in [0.2, 0.25) is 0 Å². The molecule has 0 aliphatic rings. The second-order valence-corrected chi connectivity index (χ2v) is 7.14. The van der Waals surface area contributed by atoms with Crippen LogP contribution >= 0.6 is 55.4 Å². The molecule has 0 radical (unpaired) electrons. The Bertz CT molecular complexity index is 694. The minimum atomic E-state index is -1.01. The molecule has 1 N–H and O–H groups in total. The molecule has 2 heterocycles. The van der Waals surface area contributed by atoms with Gasteiger partial charge in [-0.3, -0.25) is 4.79 Å². The van der Waals surface area contributed by atoms with Crippen molar-refractivity contribution in [2.45, 2.75) is 16.6 Å². The number of aldehydes is 1. The van der Waals surface area contributed by atoms with Crippen LogP contribution in [0.25, 0.3) is 0 Å². The van der Waals surface area contributed by atoms with Gasteiger partial charge in [-0.1, -0.05) is 23.5 Å². The van der Waals surface area contributed by atoms with Crippen LogP contribution in [0.2, 0.25) is 0 Å². The average molecular weight is 498 g/mol. The number of methoxy groups -OCH3 is 1. The van der Waals surface area contributed by atoms with E-state index in [9.17, 15) is 9.90 Å². The fourth-order valence-electron chi connectivity index (χ4n) is 1.29. The molecule has 2 rings (SSSR count). The van der Waals surface area contributed by atoms with Gasteiger partial charge in [-0.2, -0.15) is 0 Å². The summed E-state index contributed by atoms with van der Waals surface area (Å²) in [7, 11) is 1.41. The van der Waals surface area contributed by atoms with Crippen LogP contribution in [0.5, 0.6) is 0 Å². The molecule has 0 fully saturated rings. The molecule has 0 amide bonds. The minimum absolute atomic E-state index is 0.393. The second kappa shape index (κ2) is 11.1. The third-order valence-electron chi connectivity index (χ3n) is 2.43. The molecular weight excluding hydrogens is 484 g/mol. The zero-order valence-corrected chi connectivity index (χ0v) is 17.7. The first-order valence-electron chi connectivity index (χ1n) is 6.25. The van der Waals surface area contributed by atoms with Crippen molar-refractivity contribution >= 4 is 61.7 Å². The van der Waals surface area contributed by atoms with E-state index in [4.69, 9.17) is 4.74 Å². The van der Waals surface area contributed by atoms with Gasteiger partial charge in [0.15, 0.2) is 22.9 Å². The summed E-state index contributed by atoms with van der Waals surface area (Å²) >= 11 is 9.20. The van der Waals surface area contributed by atoms with Crippen LogP contribution in [0.1, 0.15) is 22.5 Å². The Hall–Kier alpha value is -0.590. The molecule has 1 atom stereocenters. The fourth-order valence-corrected chi connectivity index (χ4v) is 2.66. The molecule has 0 spiro atoms. The Morgan fingerprint density at radius 2 is 1.67 bits per heavy atom. The first-order chi connectivity index (χ1) is 11.5. The Labute approximate surface area is 164 Å². The van der Waals surface area contributed by atoms with Crippen LogP contribution in [0.3, 0.4) is 0 Å². The van der Waals surface area contributed by atoms with Gasteiger partial charge < -0.3 is 9.84 Å². The van der Waals surface area contributed by atoms with Gasteiger partial charge in [0, 0.05) is 19.5 Å². The lowest BCUT2D eigenvalue weighted by Crippen LogP contribution is -2.05. The first kappa shape index (κ1) is 21.5. The van der Waals surface area contributed by atoms with E-state index in [2.05, 4.69) is 51.8 Å². The molecule has 0 aromatic carbocycles. The van der Waals surface area contributed by atoms with Gasteiger partial charge in [0.1, 0.15) is 11.4 Å². The lowest BCUT2D eigenvalue weighted by atomic mass is 10.4. The molecular formula is C13H14Br2N4O3S2. The number of thioether (sulfide) groups is 2. The molecule has 0 saturated heterocycles. The summed E-state index contributed by atoms with van der Waals surface area (Å²) in [5.41, 5.74) is 0.839. The molecule has 130 valence electrons. The van der Waals surface area contributed by atoms with Crippen LogP contribution in [-0.2, 0) is 4.74 Å². The monoisotopic (exact) mass is 496 g/mol. The Morgan fingerprint density at radius 3 is 2.17 bits per heavy atom. The van der Waals surface area contributed by atoms with Crippen molar-refractivity contribution in [3.8, 4) is 0 Å². The number of hydrogen-bond donors (Lipinski definition) is 1. The Morgan fingerprint density at radius 1 is 1.12 bits per heavy atom. The summed E-state index contributed by atoms with van der Waals surface area (Å²) in [6.45, 7) is 0. The number of rotatable bonds is 5. The smallest absolute Gasteiger partial charge is 0.199 e. The molecule has 24 heavy (non-hydrogen) atoms. The van der Waals surface area contributed by atoms with Gasteiger partial charge in [-0.05, 0) is 44.4 Å². The molecule has 0 aliphatic heterocycles. The van der Waals surface area contributed by atoms with Crippen molar-refractivity contribution in [1.82, 2.24) is 19.9 Å². The highest BCUT2D eigenvalue weighted by atomic mass is 79.9. The van der Waals surface area contributed by atoms with Crippen molar-refractivity contribution in [1.29, 1.82) is 0 Å². The predicted molar refractivity (Wildman–Crippen MR) is 100 cm³/mol. The summed E-state index contributed by atoms with van der Waals surface area (Å²) in [6, 6.07) is 0. The molecule has 2 aromatic heterocycles. The molecule has 11 heteroatoms. The first-order valence-corrected chi connectivity index (χ1v) is 10.3. The highest BCUT2D eigenvalue weighted by molar-refractivity contribution is 9.10. The van der Waals surface area contributed by atoms with E-state index in [0.29, 0.717) is 36.9 Å². The highest BCUT2D eigenvalue weighted by Crippen LogP contribution is 2.23. The Balaban J connectivity index is 0.000000243. The number of halogens is 2. The predicted octanol–water partition coefficient (Wildman–Crippen LogP) is 3.37. The Kier molecular flexibility index (Phi) is 9.93. The van der Waals surface area contributed by atoms with E-state index >= 15 is 0 Å². The zero-order chi connectivity index (χ0) is 18.1. The zero-order valence-electron chi connectivity index (χ0n) is 12.9. The van der Waals surface area contributed by atoms with E-state index in [-0.39, 0.29) is 0 Å². The topological polar surface area (TPSA) is 98.1 Å². The van der Waals surface area contributed by atoms with Crippen LogP contribution in [0.15, 0.2) is 31.7 Å². The fraction of sp³-hybridized carbons (Fsp3) is 0.308. The molecule has 2 aromatic rings. The van der Waals surface area contributed by atoms with E-state index in [0.717, 1.165) is 0 Å². The summed E-state index contributed by atoms with van der Waals surface area (Å²) in [5, 5.41) is 10.6. The molecule has 0 bridgehead atoms. The SMILES string of the molecule is COC(O)c1nc(SC)ncc1Br.CSc1ncc(Br)c(C=O)n1. The maximum absolute atomic E-state index is 10.4. The van der Waals surface area contributed by atoms with Gasteiger partial charge in [-0.25, -0.2) is 19.9 Å². The molecule has 1 unspecified atom stereocenters. The van der Waals surface area contributed by atoms with Gasteiger partial charge in [0.05, 0.1) is 8.95 Å². The van der Waals surface area contributed by atoms with Crippen LogP contribution < -0.4 is 0 Å². The molecule has 0 saturated carbocycles. The number of carbonyl (C=O) groups is 1.